The molecule has 0 atom stereocenters. The van der Waals surface area contributed by atoms with E-state index in [2.05, 4.69) is 9.88 Å². The molecule has 0 amide bonds. The molecule has 0 saturated carbocycles. The van der Waals surface area contributed by atoms with Gasteiger partial charge >= 0.3 is 5.97 Å². The van der Waals surface area contributed by atoms with Crippen LogP contribution in [0.4, 0.5) is 5.82 Å². The maximum atomic E-state index is 11.1. The zero-order valence-corrected chi connectivity index (χ0v) is 9.44. The van der Waals surface area contributed by atoms with Gasteiger partial charge in [-0.2, -0.15) is 0 Å². The fraction of sp³-hybridized carbons (Fsp3) is 0.500. The summed E-state index contributed by atoms with van der Waals surface area (Å²) in [6.07, 6.45) is 3.47. The summed E-state index contributed by atoms with van der Waals surface area (Å²) in [7, 11) is 0. The van der Waals surface area contributed by atoms with Gasteiger partial charge in [0.25, 0.3) is 0 Å². The van der Waals surface area contributed by atoms with Crippen LogP contribution in [0, 0.1) is 6.92 Å². The predicted molar refractivity (Wildman–Crippen MR) is 62.0 cm³/mol. The first-order chi connectivity index (χ1) is 7.68. The zero-order valence-electron chi connectivity index (χ0n) is 9.44. The first-order valence-corrected chi connectivity index (χ1v) is 5.64. The Labute approximate surface area is 94.9 Å². The Morgan fingerprint density at radius 1 is 1.31 bits per heavy atom. The van der Waals surface area contributed by atoms with E-state index in [1.165, 1.54) is 6.42 Å². The van der Waals surface area contributed by atoms with Crippen molar-refractivity contribution in [1.82, 2.24) is 4.98 Å². The lowest BCUT2D eigenvalue weighted by atomic mass is 10.1. The minimum Gasteiger partial charge on any atom is -0.478 e. The molecule has 0 aromatic carbocycles. The van der Waals surface area contributed by atoms with Gasteiger partial charge in [0, 0.05) is 18.8 Å². The van der Waals surface area contributed by atoms with E-state index in [0.29, 0.717) is 11.4 Å². The van der Waals surface area contributed by atoms with E-state index >= 15 is 0 Å². The van der Waals surface area contributed by atoms with Crippen molar-refractivity contribution < 1.29 is 9.90 Å². The lowest BCUT2D eigenvalue weighted by Gasteiger charge is -2.28. The molecule has 1 aromatic rings. The van der Waals surface area contributed by atoms with Gasteiger partial charge < -0.3 is 10.0 Å². The van der Waals surface area contributed by atoms with E-state index in [1.54, 1.807) is 12.1 Å². The van der Waals surface area contributed by atoms with Gasteiger partial charge in [-0.25, -0.2) is 9.78 Å². The van der Waals surface area contributed by atoms with E-state index in [4.69, 9.17) is 5.11 Å². The van der Waals surface area contributed by atoms with E-state index in [-0.39, 0.29) is 0 Å². The number of aromatic carboxylic acids is 1. The molecule has 4 nitrogen and oxygen atoms in total. The highest BCUT2D eigenvalue weighted by atomic mass is 16.4. The Balaban J connectivity index is 2.36. The van der Waals surface area contributed by atoms with Crippen LogP contribution in [0.5, 0.6) is 0 Å². The third-order valence-corrected chi connectivity index (χ3v) is 2.90. The second kappa shape index (κ2) is 4.51. The molecule has 1 fully saturated rings. The highest BCUT2D eigenvalue weighted by molar-refractivity contribution is 5.93. The van der Waals surface area contributed by atoms with Gasteiger partial charge in [0.2, 0.25) is 0 Å². The largest absolute Gasteiger partial charge is 0.478 e. The van der Waals surface area contributed by atoms with Crippen molar-refractivity contribution in [1.29, 1.82) is 0 Å². The molecule has 86 valence electrons. The molecule has 0 radical (unpaired) electrons. The van der Waals surface area contributed by atoms with Crippen LogP contribution in [-0.4, -0.2) is 29.1 Å². The van der Waals surface area contributed by atoms with Crippen LogP contribution in [0.25, 0.3) is 0 Å². The van der Waals surface area contributed by atoms with Crippen molar-refractivity contribution in [3.05, 3.63) is 23.4 Å². The van der Waals surface area contributed by atoms with Crippen LogP contribution >= 0.6 is 0 Å². The number of hydrogen-bond acceptors (Lipinski definition) is 3. The number of piperidine rings is 1. The SMILES string of the molecule is Cc1ccc(C(=O)O)c(N2CCCCC2)n1. The van der Waals surface area contributed by atoms with Crippen molar-refractivity contribution in [2.24, 2.45) is 0 Å². The lowest BCUT2D eigenvalue weighted by molar-refractivity contribution is 0.0697. The number of carbonyl (C=O) groups is 1. The summed E-state index contributed by atoms with van der Waals surface area (Å²) >= 11 is 0. The number of rotatable bonds is 2. The molecule has 1 saturated heterocycles. The topological polar surface area (TPSA) is 53.4 Å². The van der Waals surface area contributed by atoms with Gasteiger partial charge in [-0.1, -0.05) is 0 Å². The van der Waals surface area contributed by atoms with E-state index in [9.17, 15) is 4.79 Å². The summed E-state index contributed by atoms with van der Waals surface area (Å²) in [5.41, 5.74) is 1.18. The molecule has 0 unspecified atom stereocenters. The number of carboxylic acid groups (broad SMARTS) is 1. The van der Waals surface area contributed by atoms with Crippen LogP contribution in [0.3, 0.4) is 0 Å². The van der Waals surface area contributed by atoms with Crippen molar-refractivity contribution in [3.8, 4) is 0 Å². The number of aromatic nitrogens is 1. The predicted octanol–water partition coefficient (Wildman–Crippen LogP) is 2.08. The second-order valence-corrected chi connectivity index (χ2v) is 4.18. The molecule has 4 heteroatoms. The fourth-order valence-electron chi connectivity index (χ4n) is 2.06. The Morgan fingerprint density at radius 3 is 2.62 bits per heavy atom. The van der Waals surface area contributed by atoms with Gasteiger partial charge in [0.05, 0.1) is 0 Å². The first kappa shape index (κ1) is 10.9. The summed E-state index contributed by atoms with van der Waals surface area (Å²) < 4.78 is 0. The van der Waals surface area contributed by atoms with Crippen molar-refractivity contribution in [2.75, 3.05) is 18.0 Å². The average molecular weight is 220 g/mol. The van der Waals surface area contributed by atoms with Crippen LogP contribution in [0.1, 0.15) is 35.3 Å². The molecule has 1 aliphatic rings. The van der Waals surface area contributed by atoms with Crippen molar-refractivity contribution in [2.45, 2.75) is 26.2 Å². The third kappa shape index (κ3) is 2.15. The molecule has 0 bridgehead atoms. The number of carboxylic acids is 1. The second-order valence-electron chi connectivity index (χ2n) is 4.18. The van der Waals surface area contributed by atoms with Crippen molar-refractivity contribution >= 4 is 11.8 Å². The minimum atomic E-state index is -0.895. The van der Waals surface area contributed by atoms with Gasteiger partial charge in [0.1, 0.15) is 11.4 Å². The van der Waals surface area contributed by atoms with E-state index < -0.39 is 5.97 Å². The van der Waals surface area contributed by atoms with E-state index in [0.717, 1.165) is 31.6 Å². The standard InChI is InChI=1S/C12H16N2O2/c1-9-5-6-10(12(15)16)11(13-9)14-7-3-2-4-8-14/h5-6H,2-4,7-8H2,1H3,(H,15,16). The highest BCUT2D eigenvalue weighted by Crippen LogP contribution is 2.22. The van der Waals surface area contributed by atoms with Gasteiger partial charge in [0.15, 0.2) is 0 Å². The van der Waals surface area contributed by atoms with Crippen molar-refractivity contribution in [3.63, 3.8) is 0 Å². The van der Waals surface area contributed by atoms with Gasteiger partial charge in [-0.05, 0) is 38.3 Å². The Hall–Kier alpha value is -1.58. The molecule has 1 aromatic heterocycles. The summed E-state index contributed by atoms with van der Waals surface area (Å²) in [4.78, 5) is 17.6. The molecule has 2 rings (SSSR count). The Morgan fingerprint density at radius 2 is 2.00 bits per heavy atom. The molecular weight excluding hydrogens is 204 g/mol. The van der Waals surface area contributed by atoms with Crippen LogP contribution in [0.15, 0.2) is 12.1 Å². The Bertz CT molecular complexity index is 398. The summed E-state index contributed by atoms with van der Waals surface area (Å²) in [6.45, 7) is 3.71. The van der Waals surface area contributed by atoms with Crippen LogP contribution in [-0.2, 0) is 0 Å². The molecular formula is C12H16N2O2. The maximum absolute atomic E-state index is 11.1. The quantitative estimate of drug-likeness (QED) is 0.829. The number of nitrogens with zero attached hydrogens (tertiary/aromatic N) is 2. The molecule has 1 aliphatic heterocycles. The number of hydrogen-bond donors (Lipinski definition) is 1. The zero-order chi connectivity index (χ0) is 11.5. The lowest BCUT2D eigenvalue weighted by Crippen LogP contribution is -2.31. The van der Waals surface area contributed by atoms with Gasteiger partial charge in [-0.3, -0.25) is 0 Å². The Kier molecular flexibility index (Phi) is 3.08. The molecule has 16 heavy (non-hydrogen) atoms. The maximum Gasteiger partial charge on any atom is 0.339 e. The number of anilines is 1. The minimum absolute atomic E-state index is 0.313. The normalized spacial score (nSPS) is 16.2. The van der Waals surface area contributed by atoms with Gasteiger partial charge in [-0.15, -0.1) is 0 Å². The summed E-state index contributed by atoms with van der Waals surface area (Å²) in [5, 5.41) is 9.12. The monoisotopic (exact) mass is 220 g/mol. The fourth-order valence-corrected chi connectivity index (χ4v) is 2.06. The number of aryl methyl sites for hydroxylation is 1. The molecule has 0 aliphatic carbocycles. The average Bonchev–Trinajstić information content (AvgIpc) is 2.29. The highest BCUT2D eigenvalue weighted by Gasteiger charge is 2.19. The molecule has 2 heterocycles. The third-order valence-electron chi connectivity index (χ3n) is 2.90. The van der Waals surface area contributed by atoms with Crippen LogP contribution < -0.4 is 4.90 Å². The first-order valence-electron chi connectivity index (χ1n) is 5.64. The summed E-state index contributed by atoms with van der Waals surface area (Å²) in [5.74, 6) is -0.264. The van der Waals surface area contributed by atoms with Crippen LogP contribution in [0.2, 0.25) is 0 Å². The molecule has 0 spiro atoms. The smallest absolute Gasteiger partial charge is 0.339 e. The summed E-state index contributed by atoms with van der Waals surface area (Å²) in [6, 6.07) is 3.39. The van der Waals surface area contributed by atoms with E-state index in [1.807, 2.05) is 6.92 Å². The molecule has 1 N–H and O–H groups in total. The number of pyridine rings is 1.